The maximum atomic E-state index is 5.42. The third-order valence-electron chi connectivity index (χ3n) is 4.95. The molecule has 114 valence electrons. The van der Waals surface area contributed by atoms with Gasteiger partial charge >= 0.3 is 0 Å². The molecular formula is C19H27NO. The fourth-order valence-electron chi connectivity index (χ4n) is 3.39. The lowest BCUT2D eigenvalue weighted by Crippen LogP contribution is -2.31. The van der Waals surface area contributed by atoms with E-state index in [0.29, 0.717) is 0 Å². The molecule has 3 rings (SSSR count). The van der Waals surface area contributed by atoms with E-state index in [0.717, 1.165) is 18.2 Å². The molecule has 1 saturated carbocycles. The van der Waals surface area contributed by atoms with Gasteiger partial charge in [-0.1, -0.05) is 24.3 Å². The summed E-state index contributed by atoms with van der Waals surface area (Å²) in [4.78, 5) is 0. The minimum absolute atomic E-state index is 0.198. The molecule has 2 heteroatoms. The third kappa shape index (κ3) is 3.68. The summed E-state index contributed by atoms with van der Waals surface area (Å²) >= 11 is 0. The molecule has 1 aromatic carbocycles. The van der Waals surface area contributed by atoms with E-state index in [2.05, 4.69) is 35.7 Å². The van der Waals surface area contributed by atoms with Crippen LogP contribution < -0.4 is 10.1 Å². The highest BCUT2D eigenvalue weighted by Gasteiger charge is 2.30. The zero-order chi connectivity index (χ0) is 14.5. The minimum Gasteiger partial charge on any atom is -0.497 e. The number of methoxy groups -OCH3 is 1. The monoisotopic (exact) mass is 285 g/mol. The predicted octanol–water partition coefficient (Wildman–Crippen LogP) is 4.06. The molecule has 1 N–H and O–H groups in total. The Kier molecular flexibility index (Phi) is 4.64. The van der Waals surface area contributed by atoms with Crippen molar-refractivity contribution < 1.29 is 4.74 Å². The van der Waals surface area contributed by atoms with Crippen molar-refractivity contribution >= 4 is 0 Å². The highest BCUT2D eigenvalue weighted by atomic mass is 16.5. The van der Waals surface area contributed by atoms with Gasteiger partial charge in [0.05, 0.1) is 7.11 Å². The van der Waals surface area contributed by atoms with Crippen molar-refractivity contribution in [2.24, 2.45) is 5.92 Å². The van der Waals surface area contributed by atoms with Crippen LogP contribution in [0.5, 0.6) is 5.75 Å². The van der Waals surface area contributed by atoms with Crippen LogP contribution >= 0.6 is 0 Å². The van der Waals surface area contributed by atoms with Gasteiger partial charge in [-0.2, -0.15) is 0 Å². The first-order valence-electron chi connectivity index (χ1n) is 8.35. The number of hydrogen-bond acceptors (Lipinski definition) is 2. The Balaban J connectivity index is 1.71. The maximum absolute atomic E-state index is 5.42. The van der Waals surface area contributed by atoms with Gasteiger partial charge in [-0.3, -0.25) is 0 Å². The average molecular weight is 285 g/mol. The second kappa shape index (κ2) is 6.65. The number of ether oxygens (including phenoxy) is 1. The molecule has 21 heavy (non-hydrogen) atoms. The molecule has 2 nitrogen and oxygen atoms in total. The first-order valence-corrected chi connectivity index (χ1v) is 8.35. The molecule has 1 fully saturated rings. The van der Waals surface area contributed by atoms with Crippen molar-refractivity contribution in [3.63, 3.8) is 0 Å². The van der Waals surface area contributed by atoms with Gasteiger partial charge in [0.1, 0.15) is 5.75 Å². The van der Waals surface area contributed by atoms with Gasteiger partial charge in [0, 0.05) is 5.41 Å². The Hall–Kier alpha value is -1.28. The van der Waals surface area contributed by atoms with Crippen LogP contribution in [-0.2, 0) is 5.41 Å². The molecule has 2 aliphatic carbocycles. The van der Waals surface area contributed by atoms with E-state index in [1.165, 1.54) is 50.6 Å². The minimum atomic E-state index is 0.198. The van der Waals surface area contributed by atoms with Crippen molar-refractivity contribution in [1.82, 2.24) is 5.32 Å². The van der Waals surface area contributed by atoms with Crippen LogP contribution in [-0.4, -0.2) is 20.2 Å². The summed E-state index contributed by atoms with van der Waals surface area (Å²) in [5.41, 5.74) is 1.61. The lowest BCUT2D eigenvalue weighted by Gasteiger charge is -2.34. The van der Waals surface area contributed by atoms with Crippen LogP contribution in [0.25, 0.3) is 0 Å². The smallest absolute Gasteiger partial charge is 0.119 e. The van der Waals surface area contributed by atoms with E-state index in [4.69, 9.17) is 4.74 Å². The lowest BCUT2D eigenvalue weighted by atomic mass is 9.71. The topological polar surface area (TPSA) is 21.3 Å². The van der Waals surface area contributed by atoms with Gasteiger partial charge in [-0.05, 0) is 75.2 Å². The largest absolute Gasteiger partial charge is 0.497 e. The first kappa shape index (κ1) is 14.6. The molecule has 2 aliphatic rings. The highest BCUT2D eigenvalue weighted by Crippen LogP contribution is 2.39. The average Bonchev–Trinajstić information content (AvgIpc) is 3.37. The summed E-state index contributed by atoms with van der Waals surface area (Å²) in [5, 5.41) is 3.65. The van der Waals surface area contributed by atoms with E-state index >= 15 is 0 Å². The van der Waals surface area contributed by atoms with Crippen molar-refractivity contribution in [2.45, 2.75) is 43.9 Å². The van der Waals surface area contributed by atoms with Gasteiger partial charge in [0.2, 0.25) is 0 Å². The molecule has 0 amide bonds. The van der Waals surface area contributed by atoms with Crippen LogP contribution in [0.15, 0.2) is 36.4 Å². The van der Waals surface area contributed by atoms with E-state index < -0.39 is 0 Å². The SMILES string of the molecule is COc1cccc(C2(CCNCC3CC3)C=CCCC2)c1. The Morgan fingerprint density at radius 3 is 2.95 bits per heavy atom. The van der Waals surface area contributed by atoms with Gasteiger partial charge < -0.3 is 10.1 Å². The zero-order valence-electron chi connectivity index (χ0n) is 13.1. The van der Waals surface area contributed by atoms with Crippen LogP contribution in [0.4, 0.5) is 0 Å². The lowest BCUT2D eigenvalue weighted by molar-refractivity contribution is 0.396. The molecule has 1 unspecified atom stereocenters. The van der Waals surface area contributed by atoms with Crippen molar-refractivity contribution in [3.05, 3.63) is 42.0 Å². The van der Waals surface area contributed by atoms with Crippen LogP contribution in [0, 0.1) is 5.92 Å². The molecule has 0 radical (unpaired) electrons. The number of benzene rings is 1. The summed E-state index contributed by atoms with van der Waals surface area (Å²) in [6.45, 7) is 2.32. The molecule has 0 aliphatic heterocycles. The number of hydrogen-bond donors (Lipinski definition) is 1. The fraction of sp³-hybridized carbons (Fsp3) is 0.579. The number of nitrogens with one attached hydrogen (secondary N) is 1. The predicted molar refractivity (Wildman–Crippen MR) is 87.9 cm³/mol. The molecule has 1 aromatic rings. The molecule has 0 bridgehead atoms. The molecule has 0 aromatic heterocycles. The Morgan fingerprint density at radius 1 is 1.33 bits per heavy atom. The maximum Gasteiger partial charge on any atom is 0.119 e. The van der Waals surface area contributed by atoms with Gasteiger partial charge in [-0.15, -0.1) is 0 Å². The van der Waals surface area contributed by atoms with Crippen molar-refractivity contribution in [2.75, 3.05) is 20.2 Å². The zero-order valence-corrected chi connectivity index (χ0v) is 13.1. The Bertz CT molecular complexity index is 492. The third-order valence-corrected chi connectivity index (χ3v) is 4.95. The molecule has 1 atom stereocenters. The van der Waals surface area contributed by atoms with E-state index in [1.807, 2.05) is 6.07 Å². The van der Waals surface area contributed by atoms with E-state index in [1.54, 1.807) is 7.11 Å². The standard InChI is InChI=1S/C19H27NO/c1-21-18-7-5-6-17(14-18)19(10-3-2-4-11-19)12-13-20-15-16-8-9-16/h3,5-7,10,14,16,20H,2,4,8-9,11-13,15H2,1H3. The van der Waals surface area contributed by atoms with Crippen LogP contribution in [0.2, 0.25) is 0 Å². The Labute approximate surface area is 128 Å². The van der Waals surface area contributed by atoms with Crippen molar-refractivity contribution in [3.8, 4) is 5.75 Å². The van der Waals surface area contributed by atoms with Gasteiger partial charge in [-0.25, -0.2) is 0 Å². The summed E-state index contributed by atoms with van der Waals surface area (Å²) in [6, 6.07) is 8.64. The van der Waals surface area contributed by atoms with Crippen molar-refractivity contribution in [1.29, 1.82) is 0 Å². The Morgan fingerprint density at radius 2 is 2.24 bits per heavy atom. The first-order chi connectivity index (χ1) is 10.3. The molecular weight excluding hydrogens is 258 g/mol. The summed E-state index contributed by atoms with van der Waals surface area (Å²) < 4.78 is 5.42. The van der Waals surface area contributed by atoms with E-state index in [-0.39, 0.29) is 5.41 Å². The summed E-state index contributed by atoms with van der Waals surface area (Å²) in [7, 11) is 1.75. The van der Waals surface area contributed by atoms with Gasteiger partial charge in [0.25, 0.3) is 0 Å². The van der Waals surface area contributed by atoms with Crippen LogP contribution in [0.3, 0.4) is 0 Å². The second-order valence-corrected chi connectivity index (χ2v) is 6.58. The normalized spacial score (nSPS) is 25.0. The summed E-state index contributed by atoms with van der Waals surface area (Å²) in [6.07, 6.45) is 12.6. The summed E-state index contributed by atoms with van der Waals surface area (Å²) in [5.74, 6) is 1.93. The molecule has 0 heterocycles. The number of allylic oxidation sites excluding steroid dienone is 2. The van der Waals surface area contributed by atoms with Crippen LogP contribution in [0.1, 0.15) is 44.1 Å². The van der Waals surface area contributed by atoms with E-state index in [9.17, 15) is 0 Å². The highest BCUT2D eigenvalue weighted by molar-refractivity contribution is 5.38. The quantitative estimate of drug-likeness (QED) is 0.602. The molecule has 0 saturated heterocycles. The number of rotatable bonds is 7. The fourth-order valence-corrected chi connectivity index (χ4v) is 3.39. The second-order valence-electron chi connectivity index (χ2n) is 6.58. The molecule has 0 spiro atoms. The van der Waals surface area contributed by atoms with Gasteiger partial charge in [0.15, 0.2) is 0 Å².